The Balaban J connectivity index is 2.62. The van der Waals surface area contributed by atoms with E-state index in [2.05, 4.69) is 44.2 Å². The summed E-state index contributed by atoms with van der Waals surface area (Å²) in [5, 5.41) is 3.58. The summed E-state index contributed by atoms with van der Waals surface area (Å²) in [5.41, 5.74) is 0. The van der Waals surface area contributed by atoms with Gasteiger partial charge in [0, 0.05) is 6.54 Å². The molecule has 0 aliphatic carbocycles. The molecule has 3 nitrogen and oxygen atoms in total. The van der Waals surface area contributed by atoms with Gasteiger partial charge in [0.2, 0.25) is 5.91 Å². The monoisotopic (exact) mass is 300 g/mol. The Hall–Kier alpha value is -0.220. The van der Waals surface area contributed by atoms with Crippen molar-refractivity contribution in [3.05, 3.63) is 0 Å². The van der Waals surface area contributed by atoms with Gasteiger partial charge >= 0.3 is 0 Å². The molecule has 0 aromatic heterocycles. The molecule has 1 rings (SSSR count). The maximum atomic E-state index is 12.6. The van der Waals surface area contributed by atoms with Gasteiger partial charge in [-0.1, -0.05) is 34.1 Å². The summed E-state index contributed by atoms with van der Waals surface area (Å²) < 4.78 is 0. The van der Waals surface area contributed by atoms with Crippen LogP contribution in [0.3, 0.4) is 0 Å². The second-order valence-electron chi connectivity index (χ2n) is 6.41. The fourth-order valence-corrected chi connectivity index (χ4v) is 3.27. The normalized spacial score (nSPS) is 24.7. The zero-order valence-electron chi connectivity index (χ0n) is 13.8. The molecule has 0 bridgehead atoms. The number of unbranched alkanes of at least 4 members (excludes halogenated alkanes) is 1. The van der Waals surface area contributed by atoms with Crippen LogP contribution >= 0.6 is 11.8 Å². The van der Waals surface area contributed by atoms with Gasteiger partial charge < -0.3 is 4.90 Å². The molecule has 1 amide bonds. The molecule has 1 saturated heterocycles. The molecule has 4 heteroatoms. The highest BCUT2D eigenvalue weighted by molar-refractivity contribution is 7.98. The molecule has 3 unspecified atom stereocenters. The van der Waals surface area contributed by atoms with Gasteiger partial charge in [-0.25, -0.2) is 0 Å². The fraction of sp³-hybridized carbons (Fsp3) is 0.938. The van der Waals surface area contributed by atoms with E-state index >= 15 is 0 Å². The number of nitrogens with zero attached hydrogens (tertiary/aromatic N) is 1. The summed E-state index contributed by atoms with van der Waals surface area (Å²) >= 11 is 1.89. The Bertz CT molecular complexity index is 296. The summed E-state index contributed by atoms with van der Waals surface area (Å²) in [6.45, 7) is 9.72. The number of nitrogens with one attached hydrogen (secondary N) is 1. The molecular formula is C16H32N2OS. The van der Waals surface area contributed by atoms with Crippen LogP contribution in [0.4, 0.5) is 0 Å². The first-order valence-corrected chi connectivity index (χ1v) is 9.46. The predicted molar refractivity (Wildman–Crippen MR) is 89.0 cm³/mol. The van der Waals surface area contributed by atoms with Gasteiger partial charge in [0.1, 0.15) is 0 Å². The second-order valence-corrected chi connectivity index (χ2v) is 7.39. The van der Waals surface area contributed by atoms with Gasteiger partial charge in [0.25, 0.3) is 0 Å². The van der Waals surface area contributed by atoms with Crippen molar-refractivity contribution in [1.82, 2.24) is 10.2 Å². The van der Waals surface area contributed by atoms with E-state index in [9.17, 15) is 4.79 Å². The van der Waals surface area contributed by atoms with Gasteiger partial charge in [-0.2, -0.15) is 11.8 Å². The molecule has 1 aliphatic heterocycles. The summed E-state index contributed by atoms with van der Waals surface area (Å²) in [7, 11) is 0. The molecule has 1 aliphatic rings. The van der Waals surface area contributed by atoms with Crippen molar-refractivity contribution in [3.63, 3.8) is 0 Å². The molecule has 1 N–H and O–H groups in total. The molecule has 1 fully saturated rings. The summed E-state index contributed by atoms with van der Waals surface area (Å²) in [5.74, 6) is 2.56. The van der Waals surface area contributed by atoms with Crippen LogP contribution in [0.15, 0.2) is 0 Å². The molecule has 1 heterocycles. The Morgan fingerprint density at radius 1 is 1.30 bits per heavy atom. The number of carbonyl (C=O) groups excluding carboxylic acids is 1. The average Bonchev–Trinajstić information content (AvgIpc) is 2.70. The van der Waals surface area contributed by atoms with Crippen molar-refractivity contribution < 1.29 is 4.79 Å². The summed E-state index contributed by atoms with van der Waals surface area (Å²) in [6, 6.07) is 0.0318. The van der Waals surface area contributed by atoms with Gasteiger partial charge in [0.05, 0.1) is 12.2 Å². The van der Waals surface area contributed by atoms with Crippen molar-refractivity contribution in [2.24, 2.45) is 11.8 Å². The minimum absolute atomic E-state index is 0.0318. The largest absolute Gasteiger partial charge is 0.326 e. The summed E-state index contributed by atoms with van der Waals surface area (Å²) in [6.07, 6.45) is 6.82. The summed E-state index contributed by atoms with van der Waals surface area (Å²) in [4.78, 5) is 14.7. The fourth-order valence-electron chi connectivity index (χ4n) is 2.78. The highest BCUT2D eigenvalue weighted by Crippen LogP contribution is 2.23. The first kappa shape index (κ1) is 17.8. The van der Waals surface area contributed by atoms with Crippen LogP contribution in [-0.2, 0) is 4.79 Å². The third-order valence-corrected chi connectivity index (χ3v) is 4.90. The Morgan fingerprint density at radius 3 is 2.55 bits per heavy atom. The van der Waals surface area contributed by atoms with Crippen LogP contribution < -0.4 is 5.32 Å². The lowest BCUT2D eigenvalue weighted by atomic mass is 9.99. The van der Waals surface area contributed by atoms with E-state index in [-0.39, 0.29) is 12.2 Å². The molecule has 3 atom stereocenters. The molecule has 0 radical (unpaired) electrons. The highest BCUT2D eigenvalue weighted by Gasteiger charge is 2.40. The number of carbonyl (C=O) groups is 1. The van der Waals surface area contributed by atoms with E-state index in [0.29, 0.717) is 17.7 Å². The van der Waals surface area contributed by atoms with E-state index in [1.54, 1.807) is 0 Å². The number of thioether (sulfide) groups is 1. The van der Waals surface area contributed by atoms with Gasteiger partial charge in [0.15, 0.2) is 0 Å². The Kier molecular flexibility index (Phi) is 7.96. The highest BCUT2D eigenvalue weighted by atomic mass is 32.2. The first-order chi connectivity index (χ1) is 9.51. The van der Waals surface area contributed by atoms with E-state index in [0.717, 1.165) is 25.8 Å². The molecule has 118 valence electrons. The van der Waals surface area contributed by atoms with Crippen LogP contribution in [0.25, 0.3) is 0 Å². The van der Waals surface area contributed by atoms with Crippen molar-refractivity contribution in [3.8, 4) is 0 Å². The third kappa shape index (κ3) is 4.96. The van der Waals surface area contributed by atoms with Crippen LogP contribution in [0.5, 0.6) is 0 Å². The lowest BCUT2D eigenvalue weighted by Crippen LogP contribution is -2.39. The standard InChI is InChI=1S/C16H32N2OS/c1-6-13(4)15-16(19)18(9-7-8-10-20-5)14(17-15)11-12(2)3/h12-15,17H,6-11H2,1-5H3. The minimum Gasteiger partial charge on any atom is -0.326 e. The van der Waals surface area contributed by atoms with Gasteiger partial charge in [-0.3, -0.25) is 10.1 Å². The van der Waals surface area contributed by atoms with Crippen molar-refractivity contribution in [2.45, 2.75) is 65.6 Å². The SMILES string of the molecule is CCC(C)C1NC(CC(C)C)N(CCCCSC)C1=O. The molecule has 0 spiro atoms. The topological polar surface area (TPSA) is 32.3 Å². The second kappa shape index (κ2) is 8.93. The molecule has 0 saturated carbocycles. The first-order valence-electron chi connectivity index (χ1n) is 8.06. The molecule has 20 heavy (non-hydrogen) atoms. The average molecular weight is 301 g/mol. The van der Waals surface area contributed by atoms with Crippen LogP contribution in [0, 0.1) is 11.8 Å². The molecule has 0 aromatic rings. The quantitative estimate of drug-likeness (QED) is 0.663. The van der Waals surface area contributed by atoms with E-state index in [1.165, 1.54) is 12.2 Å². The number of hydrogen-bond acceptors (Lipinski definition) is 3. The molecular weight excluding hydrogens is 268 g/mol. The van der Waals surface area contributed by atoms with Crippen molar-refractivity contribution in [2.75, 3.05) is 18.6 Å². The van der Waals surface area contributed by atoms with Crippen LogP contribution in [0.1, 0.15) is 53.4 Å². The minimum atomic E-state index is 0.0318. The van der Waals surface area contributed by atoms with Crippen molar-refractivity contribution >= 4 is 17.7 Å². The van der Waals surface area contributed by atoms with E-state index in [4.69, 9.17) is 0 Å². The lowest BCUT2D eigenvalue weighted by molar-refractivity contribution is -0.131. The Morgan fingerprint density at radius 2 is 2.00 bits per heavy atom. The van der Waals surface area contributed by atoms with Gasteiger partial charge in [-0.05, 0) is 43.1 Å². The maximum Gasteiger partial charge on any atom is 0.241 e. The van der Waals surface area contributed by atoms with E-state index in [1.807, 2.05) is 11.8 Å². The van der Waals surface area contributed by atoms with E-state index < -0.39 is 0 Å². The van der Waals surface area contributed by atoms with Crippen LogP contribution in [0.2, 0.25) is 0 Å². The number of rotatable bonds is 9. The maximum absolute atomic E-state index is 12.6. The van der Waals surface area contributed by atoms with Crippen LogP contribution in [-0.4, -0.2) is 41.6 Å². The van der Waals surface area contributed by atoms with Gasteiger partial charge in [-0.15, -0.1) is 0 Å². The number of amides is 1. The van der Waals surface area contributed by atoms with Crippen molar-refractivity contribution in [1.29, 1.82) is 0 Å². The Labute approximate surface area is 129 Å². The zero-order valence-corrected chi connectivity index (χ0v) is 14.6. The zero-order chi connectivity index (χ0) is 15.1. The smallest absolute Gasteiger partial charge is 0.241 e. The third-order valence-electron chi connectivity index (χ3n) is 4.20. The lowest BCUT2D eigenvalue weighted by Gasteiger charge is -2.25. The predicted octanol–water partition coefficient (Wildman–Crippen LogP) is 3.35. The molecule has 0 aromatic carbocycles. The number of hydrogen-bond donors (Lipinski definition) is 1.